The average Bonchev–Trinajstić information content (AvgIpc) is 2.71. The van der Waals surface area contributed by atoms with E-state index in [0.29, 0.717) is 12.0 Å². The van der Waals surface area contributed by atoms with Crippen LogP contribution < -0.4 is 5.73 Å². The molecule has 3 nitrogen and oxygen atoms in total. The zero-order chi connectivity index (χ0) is 12.4. The Labute approximate surface area is 104 Å². The Bertz CT molecular complexity index is 524. The molecule has 2 rings (SSSR count). The maximum atomic E-state index is 13.3. The quantitative estimate of drug-likeness (QED) is 0.913. The van der Waals surface area contributed by atoms with Crippen LogP contribution in [0.4, 0.5) is 4.39 Å². The van der Waals surface area contributed by atoms with Gasteiger partial charge in [0.1, 0.15) is 5.82 Å². The molecule has 5 heteroatoms. The van der Waals surface area contributed by atoms with Crippen LogP contribution in [0.5, 0.6) is 0 Å². The molecule has 0 saturated carbocycles. The maximum absolute atomic E-state index is 13.3. The van der Waals surface area contributed by atoms with Gasteiger partial charge in [0.2, 0.25) is 0 Å². The minimum absolute atomic E-state index is 0.144. The summed E-state index contributed by atoms with van der Waals surface area (Å²) in [6, 6.07) is 4.50. The third-order valence-electron chi connectivity index (χ3n) is 2.71. The molecule has 1 unspecified atom stereocenters. The van der Waals surface area contributed by atoms with Crippen molar-refractivity contribution in [1.82, 2.24) is 9.55 Å². The Hall–Kier alpha value is -1.39. The van der Waals surface area contributed by atoms with Gasteiger partial charge in [0.15, 0.2) is 0 Å². The molecule has 0 amide bonds. The Morgan fingerprint density at radius 1 is 1.53 bits per heavy atom. The molecule has 0 radical (unpaired) electrons. The van der Waals surface area contributed by atoms with Gasteiger partial charge in [0.05, 0.1) is 23.1 Å². The van der Waals surface area contributed by atoms with Crippen LogP contribution in [0, 0.1) is 5.82 Å². The summed E-state index contributed by atoms with van der Waals surface area (Å²) in [5.74, 6) is -0.415. The number of aryl methyl sites for hydroxylation is 1. The van der Waals surface area contributed by atoms with Crippen molar-refractivity contribution >= 4 is 11.6 Å². The zero-order valence-electron chi connectivity index (χ0n) is 9.40. The molecule has 0 spiro atoms. The van der Waals surface area contributed by atoms with Crippen LogP contribution >= 0.6 is 11.6 Å². The standard InChI is InChI=1S/C12H13ClFN3/c1-17-7-16-6-11(17)10(15)5-8-3-2-4-9(14)12(8)13/h2-4,6-7,10H,5,15H2,1H3. The summed E-state index contributed by atoms with van der Waals surface area (Å²) in [6.07, 6.45) is 3.87. The molecule has 2 N–H and O–H groups in total. The molecule has 1 atom stereocenters. The van der Waals surface area contributed by atoms with Crippen molar-refractivity contribution in [3.63, 3.8) is 0 Å². The van der Waals surface area contributed by atoms with E-state index in [1.54, 1.807) is 24.7 Å². The van der Waals surface area contributed by atoms with Gasteiger partial charge in [-0.3, -0.25) is 0 Å². The van der Waals surface area contributed by atoms with Crippen LogP contribution in [-0.4, -0.2) is 9.55 Å². The second-order valence-corrected chi connectivity index (χ2v) is 4.33. The summed E-state index contributed by atoms with van der Waals surface area (Å²) < 4.78 is 15.1. The first kappa shape index (κ1) is 12.1. The lowest BCUT2D eigenvalue weighted by molar-refractivity contribution is 0.617. The Morgan fingerprint density at radius 3 is 2.94 bits per heavy atom. The van der Waals surface area contributed by atoms with E-state index in [0.717, 1.165) is 5.69 Å². The van der Waals surface area contributed by atoms with Gasteiger partial charge in [-0.15, -0.1) is 0 Å². The topological polar surface area (TPSA) is 43.8 Å². The van der Waals surface area contributed by atoms with E-state index in [4.69, 9.17) is 17.3 Å². The van der Waals surface area contributed by atoms with E-state index in [2.05, 4.69) is 4.98 Å². The third kappa shape index (κ3) is 2.48. The minimum Gasteiger partial charge on any atom is -0.336 e. The number of aromatic nitrogens is 2. The summed E-state index contributed by atoms with van der Waals surface area (Å²) in [4.78, 5) is 4.00. The number of nitrogens with zero attached hydrogens (tertiary/aromatic N) is 2. The van der Waals surface area contributed by atoms with Gasteiger partial charge in [-0.05, 0) is 18.1 Å². The third-order valence-corrected chi connectivity index (χ3v) is 3.13. The number of hydrogen-bond donors (Lipinski definition) is 1. The number of nitrogens with two attached hydrogens (primary N) is 1. The van der Waals surface area contributed by atoms with E-state index in [9.17, 15) is 4.39 Å². The molecule has 0 aliphatic carbocycles. The number of benzene rings is 1. The molecule has 1 aromatic heterocycles. The molecule has 2 aromatic rings. The van der Waals surface area contributed by atoms with Gasteiger partial charge in [0.25, 0.3) is 0 Å². The van der Waals surface area contributed by atoms with Crippen molar-refractivity contribution in [1.29, 1.82) is 0 Å². The average molecular weight is 254 g/mol. The molecule has 90 valence electrons. The van der Waals surface area contributed by atoms with E-state index in [-0.39, 0.29) is 11.1 Å². The van der Waals surface area contributed by atoms with E-state index < -0.39 is 5.82 Å². The lowest BCUT2D eigenvalue weighted by atomic mass is 10.0. The first-order valence-electron chi connectivity index (χ1n) is 5.24. The van der Waals surface area contributed by atoms with Crippen molar-refractivity contribution < 1.29 is 4.39 Å². The summed E-state index contributed by atoms with van der Waals surface area (Å²) >= 11 is 5.89. The number of imidazole rings is 1. The smallest absolute Gasteiger partial charge is 0.142 e. The maximum Gasteiger partial charge on any atom is 0.142 e. The Morgan fingerprint density at radius 2 is 2.29 bits per heavy atom. The fourth-order valence-electron chi connectivity index (χ4n) is 1.77. The monoisotopic (exact) mass is 253 g/mol. The molecule has 0 aliphatic heterocycles. The number of hydrogen-bond acceptors (Lipinski definition) is 2. The molecule has 17 heavy (non-hydrogen) atoms. The van der Waals surface area contributed by atoms with Gasteiger partial charge < -0.3 is 10.3 Å². The van der Waals surface area contributed by atoms with Crippen molar-refractivity contribution in [3.8, 4) is 0 Å². The van der Waals surface area contributed by atoms with E-state index >= 15 is 0 Å². The summed E-state index contributed by atoms with van der Waals surface area (Å²) in [5.41, 5.74) is 7.65. The van der Waals surface area contributed by atoms with Gasteiger partial charge in [-0.25, -0.2) is 9.37 Å². The van der Waals surface area contributed by atoms with Gasteiger partial charge >= 0.3 is 0 Å². The fraction of sp³-hybridized carbons (Fsp3) is 0.250. The SMILES string of the molecule is Cn1cncc1C(N)Cc1cccc(F)c1Cl. The van der Waals surface area contributed by atoms with Crippen molar-refractivity contribution in [2.75, 3.05) is 0 Å². The Kier molecular flexibility index (Phi) is 3.45. The first-order chi connectivity index (χ1) is 8.09. The highest BCUT2D eigenvalue weighted by molar-refractivity contribution is 6.31. The molecule has 0 fully saturated rings. The van der Waals surface area contributed by atoms with Crippen LogP contribution in [0.25, 0.3) is 0 Å². The van der Waals surface area contributed by atoms with Crippen LogP contribution in [0.15, 0.2) is 30.7 Å². The fourth-order valence-corrected chi connectivity index (χ4v) is 1.98. The molecule has 0 bridgehead atoms. The first-order valence-corrected chi connectivity index (χ1v) is 5.62. The predicted octanol–water partition coefficient (Wildman–Crippen LogP) is 2.46. The number of rotatable bonds is 3. The van der Waals surface area contributed by atoms with E-state index in [1.165, 1.54) is 6.07 Å². The highest BCUT2D eigenvalue weighted by Crippen LogP contribution is 2.24. The normalized spacial score (nSPS) is 12.7. The largest absolute Gasteiger partial charge is 0.336 e. The zero-order valence-corrected chi connectivity index (χ0v) is 10.2. The molecule has 0 aliphatic rings. The minimum atomic E-state index is -0.415. The molecular weight excluding hydrogens is 241 g/mol. The van der Waals surface area contributed by atoms with Gasteiger partial charge in [0, 0.05) is 13.2 Å². The lowest BCUT2D eigenvalue weighted by Crippen LogP contribution is -2.16. The van der Waals surface area contributed by atoms with Crippen molar-refractivity contribution in [2.24, 2.45) is 12.8 Å². The highest BCUT2D eigenvalue weighted by Gasteiger charge is 2.14. The molecule has 1 heterocycles. The summed E-state index contributed by atoms with van der Waals surface area (Å²) in [5, 5.41) is 0.144. The lowest BCUT2D eigenvalue weighted by Gasteiger charge is -2.13. The summed E-state index contributed by atoms with van der Waals surface area (Å²) in [6.45, 7) is 0. The molecule has 0 saturated heterocycles. The highest BCUT2D eigenvalue weighted by atomic mass is 35.5. The van der Waals surface area contributed by atoms with Crippen LogP contribution in [-0.2, 0) is 13.5 Å². The number of halogens is 2. The summed E-state index contributed by atoms with van der Waals surface area (Å²) in [7, 11) is 1.87. The van der Waals surface area contributed by atoms with Gasteiger partial charge in [-0.2, -0.15) is 0 Å². The Balaban J connectivity index is 2.22. The molecule has 1 aromatic carbocycles. The van der Waals surface area contributed by atoms with Gasteiger partial charge in [-0.1, -0.05) is 23.7 Å². The second-order valence-electron chi connectivity index (χ2n) is 3.95. The van der Waals surface area contributed by atoms with Crippen LogP contribution in [0.2, 0.25) is 5.02 Å². The van der Waals surface area contributed by atoms with Crippen LogP contribution in [0.1, 0.15) is 17.3 Å². The second kappa shape index (κ2) is 4.85. The van der Waals surface area contributed by atoms with Crippen molar-refractivity contribution in [2.45, 2.75) is 12.5 Å². The molecular formula is C12H13ClFN3. The van der Waals surface area contributed by atoms with Crippen LogP contribution in [0.3, 0.4) is 0 Å². The predicted molar refractivity (Wildman–Crippen MR) is 65.3 cm³/mol. The van der Waals surface area contributed by atoms with Crippen molar-refractivity contribution in [3.05, 3.63) is 52.8 Å². The van der Waals surface area contributed by atoms with E-state index in [1.807, 2.05) is 11.6 Å².